The number of ether oxygens (including phenoxy) is 1. The standard InChI is InChI=1S/C12H14F2O2/c13-10-1-2-11(14)8(6-10)5-9-7-16-4-3-12(9)15/h1-2,6,9,12,15H,3-5,7H2. The van der Waals surface area contributed by atoms with E-state index in [4.69, 9.17) is 4.74 Å². The third kappa shape index (κ3) is 2.57. The van der Waals surface area contributed by atoms with E-state index in [9.17, 15) is 13.9 Å². The Morgan fingerprint density at radius 2 is 2.19 bits per heavy atom. The monoisotopic (exact) mass is 228 g/mol. The van der Waals surface area contributed by atoms with Crippen LogP contribution in [0.25, 0.3) is 0 Å². The Kier molecular flexibility index (Phi) is 3.51. The SMILES string of the molecule is OC1CCOCC1Cc1cc(F)ccc1F. The summed E-state index contributed by atoms with van der Waals surface area (Å²) in [5.74, 6) is -1.04. The fourth-order valence-corrected chi connectivity index (χ4v) is 1.96. The predicted octanol–water partition coefficient (Wildman–Crippen LogP) is 1.90. The van der Waals surface area contributed by atoms with Gasteiger partial charge in [0.25, 0.3) is 0 Å². The largest absolute Gasteiger partial charge is 0.393 e. The quantitative estimate of drug-likeness (QED) is 0.837. The second kappa shape index (κ2) is 4.89. The minimum Gasteiger partial charge on any atom is -0.393 e. The van der Waals surface area contributed by atoms with E-state index in [2.05, 4.69) is 0 Å². The van der Waals surface area contributed by atoms with Gasteiger partial charge in [-0.3, -0.25) is 0 Å². The van der Waals surface area contributed by atoms with Crippen molar-refractivity contribution in [2.75, 3.05) is 13.2 Å². The van der Waals surface area contributed by atoms with Crippen molar-refractivity contribution < 1.29 is 18.6 Å². The third-order valence-corrected chi connectivity index (χ3v) is 2.92. The summed E-state index contributed by atoms with van der Waals surface area (Å²) in [6, 6.07) is 3.38. The van der Waals surface area contributed by atoms with Crippen LogP contribution in [0.3, 0.4) is 0 Å². The minimum absolute atomic E-state index is 0.148. The number of benzene rings is 1. The van der Waals surface area contributed by atoms with Gasteiger partial charge in [-0.25, -0.2) is 8.78 Å². The maximum absolute atomic E-state index is 13.4. The second-order valence-corrected chi connectivity index (χ2v) is 4.13. The van der Waals surface area contributed by atoms with E-state index in [1.165, 1.54) is 6.07 Å². The molecule has 0 radical (unpaired) electrons. The first-order valence-electron chi connectivity index (χ1n) is 5.36. The number of rotatable bonds is 2. The van der Waals surface area contributed by atoms with E-state index in [1.807, 2.05) is 0 Å². The highest BCUT2D eigenvalue weighted by Crippen LogP contribution is 2.21. The van der Waals surface area contributed by atoms with Crippen molar-refractivity contribution in [3.8, 4) is 0 Å². The summed E-state index contributed by atoms with van der Waals surface area (Å²) in [4.78, 5) is 0. The first kappa shape index (κ1) is 11.5. The molecular weight excluding hydrogens is 214 g/mol. The molecule has 4 heteroatoms. The van der Waals surface area contributed by atoms with Crippen molar-refractivity contribution >= 4 is 0 Å². The summed E-state index contributed by atoms with van der Waals surface area (Å²) >= 11 is 0. The number of aliphatic hydroxyl groups is 1. The van der Waals surface area contributed by atoms with Gasteiger partial charge < -0.3 is 9.84 Å². The molecule has 1 heterocycles. The molecule has 0 saturated carbocycles. The van der Waals surface area contributed by atoms with E-state index >= 15 is 0 Å². The lowest BCUT2D eigenvalue weighted by atomic mass is 9.91. The molecule has 16 heavy (non-hydrogen) atoms. The van der Waals surface area contributed by atoms with Crippen molar-refractivity contribution in [2.24, 2.45) is 5.92 Å². The number of hydrogen-bond donors (Lipinski definition) is 1. The predicted molar refractivity (Wildman–Crippen MR) is 55.0 cm³/mol. The lowest BCUT2D eigenvalue weighted by molar-refractivity contribution is -0.0353. The molecule has 2 atom stereocenters. The summed E-state index contributed by atoms with van der Waals surface area (Å²) in [6.07, 6.45) is 0.378. The van der Waals surface area contributed by atoms with Gasteiger partial charge in [-0.15, -0.1) is 0 Å². The molecule has 1 aromatic rings. The van der Waals surface area contributed by atoms with Gasteiger partial charge in [-0.2, -0.15) is 0 Å². The third-order valence-electron chi connectivity index (χ3n) is 2.92. The Balaban J connectivity index is 2.10. The topological polar surface area (TPSA) is 29.5 Å². The van der Waals surface area contributed by atoms with E-state index < -0.39 is 17.7 Å². The Bertz CT molecular complexity index is 368. The second-order valence-electron chi connectivity index (χ2n) is 4.13. The zero-order valence-electron chi connectivity index (χ0n) is 8.83. The lowest BCUT2D eigenvalue weighted by Crippen LogP contribution is -2.33. The zero-order valence-corrected chi connectivity index (χ0v) is 8.83. The maximum Gasteiger partial charge on any atom is 0.126 e. The van der Waals surface area contributed by atoms with Crippen LogP contribution >= 0.6 is 0 Å². The molecular formula is C12H14F2O2. The fraction of sp³-hybridized carbons (Fsp3) is 0.500. The van der Waals surface area contributed by atoms with Gasteiger partial charge in [0.2, 0.25) is 0 Å². The molecule has 0 bridgehead atoms. The Labute approximate surface area is 92.9 Å². The summed E-state index contributed by atoms with van der Waals surface area (Å²) < 4.78 is 31.5. The summed E-state index contributed by atoms with van der Waals surface area (Å²) in [6.45, 7) is 0.931. The molecule has 0 spiro atoms. The molecule has 0 aliphatic carbocycles. The summed E-state index contributed by atoms with van der Waals surface area (Å²) in [7, 11) is 0. The van der Waals surface area contributed by atoms with Crippen LogP contribution in [0.15, 0.2) is 18.2 Å². The molecule has 1 fully saturated rings. The highest BCUT2D eigenvalue weighted by molar-refractivity contribution is 5.19. The van der Waals surface area contributed by atoms with Gasteiger partial charge in [0.15, 0.2) is 0 Å². The van der Waals surface area contributed by atoms with Crippen molar-refractivity contribution in [3.63, 3.8) is 0 Å². The van der Waals surface area contributed by atoms with E-state index in [0.29, 0.717) is 31.6 Å². The van der Waals surface area contributed by atoms with Crippen molar-refractivity contribution in [3.05, 3.63) is 35.4 Å². The normalized spacial score (nSPS) is 25.7. The lowest BCUT2D eigenvalue weighted by Gasteiger charge is -2.27. The van der Waals surface area contributed by atoms with Gasteiger partial charge in [0.05, 0.1) is 12.7 Å². The van der Waals surface area contributed by atoms with Crippen LogP contribution in [0.5, 0.6) is 0 Å². The van der Waals surface area contributed by atoms with E-state index in [0.717, 1.165) is 12.1 Å². The molecule has 1 aliphatic rings. The van der Waals surface area contributed by atoms with Gasteiger partial charge in [0.1, 0.15) is 11.6 Å². The van der Waals surface area contributed by atoms with Gasteiger partial charge in [-0.1, -0.05) is 0 Å². The molecule has 0 aromatic heterocycles. The fourth-order valence-electron chi connectivity index (χ4n) is 1.96. The average molecular weight is 228 g/mol. The van der Waals surface area contributed by atoms with Crippen molar-refractivity contribution in [1.29, 1.82) is 0 Å². The summed E-state index contributed by atoms with van der Waals surface area (Å²) in [5.41, 5.74) is 0.301. The number of aliphatic hydroxyl groups excluding tert-OH is 1. The molecule has 2 nitrogen and oxygen atoms in total. The van der Waals surface area contributed by atoms with Crippen LogP contribution in [0.4, 0.5) is 8.78 Å². The summed E-state index contributed by atoms with van der Waals surface area (Å²) in [5, 5.41) is 9.69. The first-order chi connectivity index (χ1) is 7.66. The molecule has 1 saturated heterocycles. The van der Waals surface area contributed by atoms with Gasteiger partial charge >= 0.3 is 0 Å². The average Bonchev–Trinajstić information content (AvgIpc) is 2.27. The first-order valence-corrected chi connectivity index (χ1v) is 5.36. The van der Waals surface area contributed by atoms with Gasteiger partial charge in [0, 0.05) is 12.5 Å². The molecule has 1 N–H and O–H groups in total. The van der Waals surface area contributed by atoms with E-state index in [-0.39, 0.29) is 5.92 Å². The van der Waals surface area contributed by atoms with Crippen LogP contribution in [-0.4, -0.2) is 24.4 Å². The van der Waals surface area contributed by atoms with Crippen LogP contribution in [-0.2, 0) is 11.2 Å². The molecule has 1 aromatic carbocycles. The van der Waals surface area contributed by atoms with Crippen molar-refractivity contribution in [2.45, 2.75) is 18.9 Å². The molecule has 1 aliphatic heterocycles. The van der Waals surface area contributed by atoms with Crippen molar-refractivity contribution in [1.82, 2.24) is 0 Å². The Hall–Kier alpha value is -1.00. The zero-order chi connectivity index (χ0) is 11.5. The van der Waals surface area contributed by atoms with E-state index in [1.54, 1.807) is 0 Å². The number of halogens is 2. The minimum atomic E-state index is -0.489. The highest BCUT2D eigenvalue weighted by atomic mass is 19.1. The van der Waals surface area contributed by atoms with Crippen LogP contribution in [0.1, 0.15) is 12.0 Å². The molecule has 2 rings (SSSR count). The molecule has 0 amide bonds. The highest BCUT2D eigenvalue weighted by Gasteiger charge is 2.24. The maximum atomic E-state index is 13.4. The smallest absolute Gasteiger partial charge is 0.126 e. The van der Waals surface area contributed by atoms with Crippen LogP contribution in [0, 0.1) is 17.6 Å². The molecule has 88 valence electrons. The van der Waals surface area contributed by atoms with Crippen LogP contribution < -0.4 is 0 Å². The Morgan fingerprint density at radius 1 is 1.38 bits per heavy atom. The van der Waals surface area contributed by atoms with Crippen LogP contribution in [0.2, 0.25) is 0 Å². The Morgan fingerprint density at radius 3 is 2.94 bits per heavy atom. The number of hydrogen-bond acceptors (Lipinski definition) is 2. The van der Waals surface area contributed by atoms with Gasteiger partial charge in [-0.05, 0) is 36.6 Å². The molecule has 2 unspecified atom stereocenters.